The number of hydrogen-bond acceptors (Lipinski definition) is 6. The molecule has 0 aliphatic heterocycles. The molecule has 0 aromatic heterocycles. The zero-order valence-electron chi connectivity index (χ0n) is 15.6. The van der Waals surface area contributed by atoms with Gasteiger partial charge in [-0.25, -0.2) is 4.39 Å². The van der Waals surface area contributed by atoms with Crippen molar-refractivity contribution in [1.29, 1.82) is 0 Å². The fraction of sp³-hybridized carbons (Fsp3) is 0.300. The highest BCUT2D eigenvalue weighted by atomic mass is 19.1. The normalized spacial score (nSPS) is 11.4. The third-order valence-electron chi connectivity index (χ3n) is 3.96. The fourth-order valence-electron chi connectivity index (χ4n) is 2.64. The summed E-state index contributed by atoms with van der Waals surface area (Å²) >= 11 is 0. The van der Waals surface area contributed by atoms with Gasteiger partial charge in [-0.2, -0.15) is 0 Å². The van der Waals surface area contributed by atoms with Crippen LogP contribution in [0.2, 0.25) is 0 Å². The molecule has 2 aromatic carbocycles. The van der Waals surface area contributed by atoms with E-state index in [1.807, 2.05) is 0 Å². The third-order valence-corrected chi connectivity index (χ3v) is 3.96. The maximum absolute atomic E-state index is 14.6. The van der Waals surface area contributed by atoms with Crippen LogP contribution in [-0.2, 0) is 9.53 Å². The lowest BCUT2D eigenvalue weighted by molar-refractivity contribution is -0.143. The fourth-order valence-corrected chi connectivity index (χ4v) is 2.64. The molecular formula is C20H21FO6. The van der Waals surface area contributed by atoms with Crippen LogP contribution in [0.4, 0.5) is 4.39 Å². The van der Waals surface area contributed by atoms with Crippen LogP contribution in [0, 0.1) is 5.82 Å². The van der Waals surface area contributed by atoms with Crippen molar-refractivity contribution in [3.05, 3.63) is 53.3 Å². The molecule has 0 N–H and O–H groups in total. The van der Waals surface area contributed by atoms with Crippen molar-refractivity contribution in [2.75, 3.05) is 27.9 Å². The zero-order valence-corrected chi connectivity index (χ0v) is 15.6. The second-order valence-electron chi connectivity index (χ2n) is 5.51. The average Bonchev–Trinajstić information content (AvgIpc) is 2.67. The van der Waals surface area contributed by atoms with Gasteiger partial charge < -0.3 is 18.9 Å². The number of hydrogen-bond donors (Lipinski definition) is 0. The first-order valence-electron chi connectivity index (χ1n) is 8.23. The first kappa shape index (κ1) is 20.2. The predicted molar refractivity (Wildman–Crippen MR) is 96.2 cm³/mol. The molecule has 0 spiro atoms. The monoisotopic (exact) mass is 376 g/mol. The molecule has 7 heteroatoms. The quantitative estimate of drug-likeness (QED) is 0.400. The standard InChI is InChI=1S/C20H21FO6/c1-5-27-20(23)17(12-6-8-13(24-2)9-7-12)19(22)18-15(21)10-14(25-3)11-16(18)26-4/h6-11,17H,5H2,1-4H3. The third kappa shape index (κ3) is 4.36. The minimum atomic E-state index is -1.34. The van der Waals surface area contributed by atoms with Gasteiger partial charge >= 0.3 is 5.97 Å². The summed E-state index contributed by atoms with van der Waals surface area (Å²) in [7, 11) is 4.17. The number of carbonyl (C=O) groups excluding carboxylic acids is 2. The van der Waals surface area contributed by atoms with E-state index in [9.17, 15) is 14.0 Å². The zero-order chi connectivity index (χ0) is 20.0. The number of rotatable bonds is 8. The van der Waals surface area contributed by atoms with E-state index in [0.29, 0.717) is 11.3 Å². The molecule has 0 saturated heterocycles. The maximum atomic E-state index is 14.6. The van der Waals surface area contributed by atoms with E-state index in [1.165, 1.54) is 27.4 Å². The molecular weight excluding hydrogens is 355 g/mol. The molecule has 0 radical (unpaired) electrons. The second-order valence-corrected chi connectivity index (χ2v) is 5.51. The van der Waals surface area contributed by atoms with Crippen molar-refractivity contribution in [2.45, 2.75) is 12.8 Å². The van der Waals surface area contributed by atoms with E-state index >= 15 is 0 Å². The van der Waals surface area contributed by atoms with Crippen molar-refractivity contribution in [3.8, 4) is 17.2 Å². The van der Waals surface area contributed by atoms with Crippen molar-refractivity contribution >= 4 is 11.8 Å². The summed E-state index contributed by atoms with van der Waals surface area (Å²) in [5.74, 6) is -3.01. The van der Waals surface area contributed by atoms with Gasteiger partial charge in [0, 0.05) is 12.1 Å². The molecule has 0 bridgehead atoms. The summed E-state index contributed by atoms with van der Waals surface area (Å²) in [6.07, 6.45) is 0. The van der Waals surface area contributed by atoms with Crippen molar-refractivity contribution < 1.29 is 32.9 Å². The topological polar surface area (TPSA) is 71.1 Å². The summed E-state index contributed by atoms with van der Waals surface area (Å²) in [6, 6.07) is 8.78. The molecule has 0 amide bonds. The lowest BCUT2D eigenvalue weighted by atomic mass is 9.89. The number of halogens is 1. The largest absolute Gasteiger partial charge is 0.497 e. The van der Waals surface area contributed by atoms with Gasteiger partial charge in [0.1, 0.15) is 29.0 Å². The summed E-state index contributed by atoms with van der Waals surface area (Å²) in [5.41, 5.74) is 0.0173. The molecule has 0 heterocycles. The molecule has 0 aliphatic rings. The molecule has 2 aromatic rings. The smallest absolute Gasteiger partial charge is 0.321 e. The summed E-state index contributed by atoms with van der Waals surface area (Å²) < 4.78 is 34.9. The van der Waals surface area contributed by atoms with Crippen molar-refractivity contribution in [2.24, 2.45) is 0 Å². The van der Waals surface area contributed by atoms with Crippen molar-refractivity contribution in [3.63, 3.8) is 0 Å². The molecule has 27 heavy (non-hydrogen) atoms. The van der Waals surface area contributed by atoms with E-state index in [-0.39, 0.29) is 23.7 Å². The summed E-state index contributed by atoms with van der Waals surface area (Å²) in [6.45, 7) is 1.71. The molecule has 0 fully saturated rings. The second kappa shape index (κ2) is 9.02. The van der Waals surface area contributed by atoms with Crippen LogP contribution in [0.15, 0.2) is 36.4 Å². The van der Waals surface area contributed by atoms with Crippen LogP contribution in [0.3, 0.4) is 0 Å². The van der Waals surface area contributed by atoms with Gasteiger partial charge in [0.05, 0.1) is 33.5 Å². The Labute approximate surface area is 156 Å². The number of esters is 1. The molecule has 2 rings (SSSR count). The van der Waals surface area contributed by atoms with Crippen LogP contribution in [0.1, 0.15) is 28.8 Å². The Morgan fingerprint density at radius 3 is 2.11 bits per heavy atom. The maximum Gasteiger partial charge on any atom is 0.321 e. The number of ketones is 1. The lowest BCUT2D eigenvalue weighted by Crippen LogP contribution is -2.25. The Kier molecular flexibility index (Phi) is 6.76. The highest BCUT2D eigenvalue weighted by molar-refractivity contribution is 6.14. The van der Waals surface area contributed by atoms with E-state index in [2.05, 4.69) is 0 Å². The Bertz CT molecular complexity index is 816. The van der Waals surface area contributed by atoms with Gasteiger partial charge in [0.2, 0.25) is 0 Å². The lowest BCUT2D eigenvalue weighted by Gasteiger charge is -2.18. The first-order chi connectivity index (χ1) is 13.0. The van der Waals surface area contributed by atoms with E-state index in [4.69, 9.17) is 18.9 Å². The highest BCUT2D eigenvalue weighted by Gasteiger charge is 2.34. The minimum absolute atomic E-state index is 0.0281. The van der Waals surface area contributed by atoms with Crippen LogP contribution in [-0.4, -0.2) is 39.7 Å². The first-order valence-corrected chi connectivity index (χ1v) is 8.23. The van der Waals surface area contributed by atoms with Gasteiger partial charge in [-0.1, -0.05) is 12.1 Å². The molecule has 1 atom stereocenters. The van der Waals surface area contributed by atoms with Crippen LogP contribution < -0.4 is 14.2 Å². The number of carbonyl (C=O) groups is 2. The van der Waals surface area contributed by atoms with E-state index < -0.39 is 23.5 Å². The molecule has 144 valence electrons. The van der Waals surface area contributed by atoms with Crippen LogP contribution in [0.25, 0.3) is 0 Å². The summed E-state index contributed by atoms with van der Waals surface area (Å²) in [5, 5.41) is 0. The number of methoxy groups -OCH3 is 3. The predicted octanol–water partition coefficient (Wildman–Crippen LogP) is 3.38. The molecule has 0 saturated carbocycles. The van der Waals surface area contributed by atoms with Crippen LogP contribution >= 0.6 is 0 Å². The Balaban J connectivity index is 2.55. The Morgan fingerprint density at radius 1 is 0.963 bits per heavy atom. The van der Waals surface area contributed by atoms with Gasteiger partial charge in [-0.05, 0) is 24.6 Å². The number of ether oxygens (including phenoxy) is 4. The van der Waals surface area contributed by atoms with Gasteiger partial charge in [-0.3, -0.25) is 9.59 Å². The Hall–Kier alpha value is -3.09. The Morgan fingerprint density at radius 2 is 1.59 bits per heavy atom. The molecule has 0 aliphatic carbocycles. The number of benzene rings is 2. The van der Waals surface area contributed by atoms with Gasteiger partial charge in [0.25, 0.3) is 0 Å². The van der Waals surface area contributed by atoms with E-state index in [1.54, 1.807) is 31.2 Å². The minimum Gasteiger partial charge on any atom is -0.497 e. The van der Waals surface area contributed by atoms with Gasteiger partial charge in [-0.15, -0.1) is 0 Å². The van der Waals surface area contributed by atoms with E-state index in [0.717, 1.165) is 6.07 Å². The van der Waals surface area contributed by atoms with Crippen LogP contribution in [0.5, 0.6) is 17.2 Å². The highest BCUT2D eigenvalue weighted by Crippen LogP contribution is 2.33. The SMILES string of the molecule is CCOC(=O)C(C(=O)c1c(F)cc(OC)cc1OC)c1ccc(OC)cc1. The molecule has 1 unspecified atom stereocenters. The average molecular weight is 376 g/mol. The van der Waals surface area contributed by atoms with Crippen molar-refractivity contribution in [1.82, 2.24) is 0 Å². The van der Waals surface area contributed by atoms with Gasteiger partial charge in [0.15, 0.2) is 5.78 Å². The molecule has 6 nitrogen and oxygen atoms in total. The number of Topliss-reactive ketones (excluding diaryl/α,β-unsaturated/α-hetero) is 1. The summed E-state index contributed by atoms with van der Waals surface area (Å²) in [4.78, 5) is 25.6.